The Balaban J connectivity index is 2.15. The van der Waals surface area contributed by atoms with Gasteiger partial charge in [-0.05, 0) is 31.0 Å². The van der Waals surface area contributed by atoms with Gasteiger partial charge in [0.2, 0.25) is 0 Å². The number of carbonyl (C=O) groups is 1. The van der Waals surface area contributed by atoms with Gasteiger partial charge in [-0.25, -0.2) is 0 Å². The standard InChI is InChI=1S/C15H16N2OS/c1-10-8-11(2)17-15(19)13(10)14(18)16-9-12-6-4-3-5-7-12/h3-8H,9H2,1-2H3,(H,16,18)(H,17,19). The molecule has 0 radical (unpaired) electrons. The monoisotopic (exact) mass is 272 g/mol. The van der Waals surface area contributed by atoms with E-state index < -0.39 is 0 Å². The van der Waals surface area contributed by atoms with Crippen LogP contribution in [0.1, 0.15) is 27.2 Å². The Morgan fingerprint density at radius 1 is 1.26 bits per heavy atom. The van der Waals surface area contributed by atoms with Crippen molar-refractivity contribution in [3.05, 3.63) is 63.4 Å². The minimum Gasteiger partial charge on any atom is -0.350 e. The average molecular weight is 272 g/mol. The fourth-order valence-electron chi connectivity index (χ4n) is 2.00. The highest BCUT2D eigenvalue weighted by Crippen LogP contribution is 2.10. The molecule has 2 rings (SSSR count). The van der Waals surface area contributed by atoms with Crippen molar-refractivity contribution in [1.82, 2.24) is 10.3 Å². The Morgan fingerprint density at radius 3 is 2.58 bits per heavy atom. The maximum Gasteiger partial charge on any atom is 0.254 e. The van der Waals surface area contributed by atoms with E-state index in [1.807, 2.05) is 50.2 Å². The maximum atomic E-state index is 12.2. The van der Waals surface area contributed by atoms with Gasteiger partial charge in [0.1, 0.15) is 4.64 Å². The quantitative estimate of drug-likeness (QED) is 0.842. The van der Waals surface area contributed by atoms with Gasteiger partial charge in [-0.2, -0.15) is 0 Å². The normalized spacial score (nSPS) is 10.2. The maximum absolute atomic E-state index is 12.2. The van der Waals surface area contributed by atoms with Gasteiger partial charge in [0.25, 0.3) is 5.91 Å². The van der Waals surface area contributed by atoms with E-state index in [1.165, 1.54) is 0 Å². The summed E-state index contributed by atoms with van der Waals surface area (Å²) in [7, 11) is 0. The van der Waals surface area contributed by atoms with E-state index in [0.717, 1.165) is 16.8 Å². The minimum absolute atomic E-state index is 0.136. The second-order valence-electron chi connectivity index (χ2n) is 4.51. The molecule has 0 spiro atoms. The lowest BCUT2D eigenvalue weighted by molar-refractivity contribution is 0.0949. The summed E-state index contributed by atoms with van der Waals surface area (Å²) in [5.41, 5.74) is 3.47. The molecule has 4 heteroatoms. The molecule has 0 bridgehead atoms. The molecule has 0 aliphatic heterocycles. The lowest BCUT2D eigenvalue weighted by Gasteiger charge is -2.09. The predicted molar refractivity (Wildman–Crippen MR) is 78.7 cm³/mol. The van der Waals surface area contributed by atoms with E-state index in [9.17, 15) is 4.79 Å². The molecule has 0 atom stereocenters. The lowest BCUT2D eigenvalue weighted by Crippen LogP contribution is -2.24. The summed E-state index contributed by atoms with van der Waals surface area (Å²) in [6.45, 7) is 4.32. The molecule has 0 aliphatic carbocycles. The van der Waals surface area contributed by atoms with Crippen LogP contribution in [0.25, 0.3) is 0 Å². The van der Waals surface area contributed by atoms with E-state index in [4.69, 9.17) is 12.2 Å². The van der Waals surface area contributed by atoms with Crippen molar-refractivity contribution in [2.24, 2.45) is 0 Å². The summed E-state index contributed by atoms with van der Waals surface area (Å²) >= 11 is 5.22. The van der Waals surface area contributed by atoms with Gasteiger partial charge in [0, 0.05) is 12.2 Å². The fourth-order valence-corrected chi connectivity index (χ4v) is 2.42. The van der Waals surface area contributed by atoms with E-state index >= 15 is 0 Å². The summed E-state index contributed by atoms with van der Waals surface area (Å²) in [5, 5.41) is 2.89. The van der Waals surface area contributed by atoms with Crippen LogP contribution in [0.2, 0.25) is 0 Å². The van der Waals surface area contributed by atoms with Crippen molar-refractivity contribution in [1.29, 1.82) is 0 Å². The van der Waals surface area contributed by atoms with Crippen molar-refractivity contribution in [2.75, 3.05) is 0 Å². The number of pyridine rings is 1. The van der Waals surface area contributed by atoms with Crippen molar-refractivity contribution < 1.29 is 4.79 Å². The Morgan fingerprint density at radius 2 is 1.95 bits per heavy atom. The molecule has 1 aromatic heterocycles. The topological polar surface area (TPSA) is 44.9 Å². The molecule has 2 N–H and O–H groups in total. The molecule has 3 nitrogen and oxygen atoms in total. The molecular formula is C15H16N2OS. The number of rotatable bonds is 3. The molecule has 1 heterocycles. The molecule has 0 unspecified atom stereocenters. The summed E-state index contributed by atoms with van der Waals surface area (Å²) < 4.78 is 0.489. The molecule has 1 amide bonds. The van der Waals surface area contributed by atoms with Crippen LogP contribution in [-0.4, -0.2) is 10.9 Å². The third kappa shape index (κ3) is 3.29. The molecule has 0 saturated heterocycles. The third-order valence-corrected chi connectivity index (χ3v) is 3.19. The Bertz CT molecular complexity index is 647. The van der Waals surface area contributed by atoms with Gasteiger partial charge in [0.05, 0.1) is 5.56 Å². The van der Waals surface area contributed by atoms with Crippen LogP contribution in [0.15, 0.2) is 36.4 Å². The number of hydrogen-bond acceptors (Lipinski definition) is 2. The number of aromatic nitrogens is 1. The Labute approximate surface area is 117 Å². The number of H-pyrrole nitrogens is 1. The van der Waals surface area contributed by atoms with Crippen LogP contribution >= 0.6 is 12.2 Å². The first kappa shape index (κ1) is 13.5. The number of nitrogens with one attached hydrogen (secondary N) is 2. The largest absolute Gasteiger partial charge is 0.350 e. The van der Waals surface area contributed by atoms with Gasteiger partial charge < -0.3 is 10.3 Å². The zero-order chi connectivity index (χ0) is 13.8. The number of aromatic amines is 1. The van der Waals surface area contributed by atoms with Crippen molar-refractivity contribution in [3.8, 4) is 0 Å². The number of hydrogen-bond donors (Lipinski definition) is 2. The van der Waals surface area contributed by atoms with Crippen molar-refractivity contribution in [2.45, 2.75) is 20.4 Å². The number of carbonyl (C=O) groups excluding carboxylic acids is 1. The Kier molecular flexibility index (Phi) is 4.12. The second kappa shape index (κ2) is 5.80. The molecule has 98 valence electrons. The van der Waals surface area contributed by atoms with Gasteiger partial charge in [0.15, 0.2) is 0 Å². The predicted octanol–water partition coefficient (Wildman–Crippen LogP) is 3.29. The first-order valence-corrected chi connectivity index (χ1v) is 6.51. The summed E-state index contributed by atoms with van der Waals surface area (Å²) in [6, 6.07) is 11.7. The van der Waals surface area contributed by atoms with Crippen LogP contribution in [0.5, 0.6) is 0 Å². The molecule has 1 aromatic carbocycles. The molecule has 2 aromatic rings. The van der Waals surface area contributed by atoms with E-state index in [2.05, 4.69) is 10.3 Å². The third-order valence-electron chi connectivity index (χ3n) is 2.89. The highest BCUT2D eigenvalue weighted by molar-refractivity contribution is 7.71. The number of aryl methyl sites for hydroxylation is 2. The highest BCUT2D eigenvalue weighted by Gasteiger charge is 2.11. The first-order chi connectivity index (χ1) is 9.08. The van der Waals surface area contributed by atoms with Crippen molar-refractivity contribution in [3.63, 3.8) is 0 Å². The van der Waals surface area contributed by atoms with Crippen LogP contribution in [0, 0.1) is 18.5 Å². The second-order valence-corrected chi connectivity index (χ2v) is 4.92. The zero-order valence-corrected chi connectivity index (χ0v) is 11.8. The first-order valence-electron chi connectivity index (χ1n) is 6.10. The van der Waals surface area contributed by atoms with Gasteiger partial charge in [-0.1, -0.05) is 42.5 Å². The number of amides is 1. The zero-order valence-electron chi connectivity index (χ0n) is 11.0. The van der Waals surface area contributed by atoms with Crippen LogP contribution in [0.3, 0.4) is 0 Å². The van der Waals surface area contributed by atoms with Gasteiger partial charge >= 0.3 is 0 Å². The van der Waals surface area contributed by atoms with Crippen molar-refractivity contribution >= 4 is 18.1 Å². The number of benzene rings is 1. The molecule has 0 fully saturated rings. The fraction of sp³-hybridized carbons (Fsp3) is 0.200. The summed E-state index contributed by atoms with van der Waals surface area (Å²) in [4.78, 5) is 15.2. The van der Waals surface area contributed by atoms with E-state index in [-0.39, 0.29) is 5.91 Å². The van der Waals surface area contributed by atoms with Gasteiger partial charge in [-0.3, -0.25) is 4.79 Å². The summed E-state index contributed by atoms with van der Waals surface area (Å²) in [6.07, 6.45) is 0. The van der Waals surface area contributed by atoms with Crippen LogP contribution < -0.4 is 5.32 Å². The molecule has 19 heavy (non-hydrogen) atoms. The molecule has 0 saturated carbocycles. The molecular weight excluding hydrogens is 256 g/mol. The van der Waals surface area contributed by atoms with Crippen LogP contribution in [0.4, 0.5) is 0 Å². The van der Waals surface area contributed by atoms with E-state index in [0.29, 0.717) is 16.7 Å². The minimum atomic E-state index is -0.136. The smallest absolute Gasteiger partial charge is 0.254 e. The molecule has 0 aliphatic rings. The summed E-state index contributed by atoms with van der Waals surface area (Å²) in [5.74, 6) is -0.136. The van der Waals surface area contributed by atoms with E-state index in [1.54, 1.807) is 0 Å². The van der Waals surface area contributed by atoms with Gasteiger partial charge in [-0.15, -0.1) is 0 Å². The van der Waals surface area contributed by atoms with Crippen LogP contribution in [-0.2, 0) is 6.54 Å². The SMILES string of the molecule is Cc1cc(C)c(C(=O)NCc2ccccc2)c(=S)[nH]1. The Hall–Kier alpha value is -1.94. The lowest BCUT2D eigenvalue weighted by atomic mass is 10.1. The highest BCUT2D eigenvalue weighted by atomic mass is 32.1. The average Bonchev–Trinajstić information content (AvgIpc) is 2.36.